The van der Waals surface area contributed by atoms with Crippen LogP contribution in [-0.2, 0) is 10.0 Å². The second-order valence-electron chi connectivity index (χ2n) is 6.26. The van der Waals surface area contributed by atoms with E-state index in [4.69, 9.17) is 0 Å². The van der Waals surface area contributed by atoms with Crippen molar-refractivity contribution < 1.29 is 13.2 Å². The number of carbonyl (C=O) groups excluding carboxylic acids is 1. The third-order valence-corrected chi connectivity index (χ3v) is 5.62. The molecule has 0 bridgehead atoms. The van der Waals surface area contributed by atoms with Crippen molar-refractivity contribution in [3.05, 3.63) is 29.8 Å². The number of benzene rings is 1. The van der Waals surface area contributed by atoms with Crippen LogP contribution in [-0.4, -0.2) is 39.7 Å². The average molecular weight is 353 g/mol. The Morgan fingerprint density at radius 1 is 1.29 bits per heavy atom. The Hall–Kier alpha value is -1.60. The molecule has 2 rings (SSSR count). The molecule has 1 unspecified atom stereocenters. The van der Waals surface area contributed by atoms with Gasteiger partial charge in [0.2, 0.25) is 10.0 Å². The van der Waals surface area contributed by atoms with E-state index < -0.39 is 10.0 Å². The molecule has 1 saturated heterocycles. The molecule has 1 heterocycles. The van der Waals surface area contributed by atoms with Gasteiger partial charge in [0.05, 0.1) is 5.75 Å². The maximum Gasteiger partial charge on any atom is 0.251 e. The summed E-state index contributed by atoms with van der Waals surface area (Å²) in [6.45, 7) is 4.60. The lowest BCUT2D eigenvalue weighted by Crippen LogP contribution is -2.33. The number of piperidine rings is 1. The zero-order valence-corrected chi connectivity index (χ0v) is 15.0. The van der Waals surface area contributed by atoms with Crippen molar-refractivity contribution in [3.8, 4) is 0 Å². The van der Waals surface area contributed by atoms with E-state index in [0.29, 0.717) is 30.1 Å². The van der Waals surface area contributed by atoms with Crippen LogP contribution in [0.1, 0.15) is 43.0 Å². The molecular formula is C17H27N3O3S. The summed E-state index contributed by atoms with van der Waals surface area (Å²) >= 11 is 0. The highest BCUT2D eigenvalue weighted by molar-refractivity contribution is 7.92. The normalized spacial score (nSPS) is 18.1. The van der Waals surface area contributed by atoms with E-state index in [1.165, 1.54) is 12.8 Å². The van der Waals surface area contributed by atoms with Crippen molar-refractivity contribution in [3.63, 3.8) is 0 Å². The first-order valence-corrected chi connectivity index (χ1v) is 10.2. The van der Waals surface area contributed by atoms with Crippen LogP contribution in [0.25, 0.3) is 0 Å². The van der Waals surface area contributed by atoms with Gasteiger partial charge in [0.1, 0.15) is 0 Å². The molecule has 0 spiro atoms. The lowest BCUT2D eigenvalue weighted by molar-refractivity contribution is 0.0950. The minimum Gasteiger partial charge on any atom is -0.352 e. The van der Waals surface area contributed by atoms with E-state index in [1.807, 2.05) is 6.92 Å². The number of nitrogens with one attached hydrogen (secondary N) is 3. The molecule has 6 nitrogen and oxygen atoms in total. The number of rotatable bonds is 8. The van der Waals surface area contributed by atoms with Crippen molar-refractivity contribution in [2.75, 3.05) is 30.1 Å². The summed E-state index contributed by atoms with van der Waals surface area (Å²) in [6.07, 6.45) is 3.96. The van der Waals surface area contributed by atoms with Gasteiger partial charge < -0.3 is 10.6 Å². The highest BCUT2D eigenvalue weighted by atomic mass is 32.2. The molecule has 1 aromatic carbocycles. The molecule has 0 saturated carbocycles. The summed E-state index contributed by atoms with van der Waals surface area (Å²) in [6, 6.07) is 6.52. The van der Waals surface area contributed by atoms with Gasteiger partial charge in [0.25, 0.3) is 5.91 Å². The van der Waals surface area contributed by atoms with Crippen LogP contribution in [0.5, 0.6) is 0 Å². The number of carbonyl (C=O) groups is 1. The van der Waals surface area contributed by atoms with E-state index in [2.05, 4.69) is 15.4 Å². The smallest absolute Gasteiger partial charge is 0.251 e. The lowest BCUT2D eigenvalue weighted by atomic mass is 9.96. The summed E-state index contributed by atoms with van der Waals surface area (Å²) in [7, 11) is -3.30. The molecule has 1 aromatic rings. The van der Waals surface area contributed by atoms with Crippen LogP contribution in [0, 0.1) is 5.92 Å². The molecule has 0 aliphatic carbocycles. The summed E-state index contributed by atoms with van der Waals surface area (Å²) < 4.78 is 25.9. The fourth-order valence-corrected chi connectivity index (χ4v) is 3.99. The maximum absolute atomic E-state index is 12.1. The van der Waals surface area contributed by atoms with Gasteiger partial charge in [-0.25, -0.2) is 8.42 Å². The number of hydrogen-bond donors (Lipinski definition) is 3. The fourth-order valence-electron chi connectivity index (χ4n) is 2.85. The van der Waals surface area contributed by atoms with Crippen molar-refractivity contribution in [2.24, 2.45) is 5.92 Å². The first kappa shape index (κ1) is 18.7. The van der Waals surface area contributed by atoms with Crippen LogP contribution in [0.4, 0.5) is 5.69 Å². The Labute approximate surface area is 144 Å². The molecule has 24 heavy (non-hydrogen) atoms. The first-order chi connectivity index (χ1) is 11.5. The molecule has 1 aliphatic heterocycles. The lowest BCUT2D eigenvalue weighted by Gasteiger charge is -2.22. The van der Waals surface area contributed by atoms with Gasteiger partial charge in [-0.15, -0.1) is 0 Å². The third kappa shape index (κ3) is 6.13. The molecule has 1 aliphatic rings. The van der Waals surface area contributed by atoms with E-state index >= 15 is 0 Å². The minimum absolute atomic E-state index is 0.0886. The molecular weight excluding hydrogens is 326 g/mol. The zero-order chi connectivity index (χ0) is 17.4. The second kappa shape index (κ2) is 9.03. The summed E-state index contributed by atoms with van der Waals surface area (Å²) in [4.78, 5) is 12.1. The van der Waals surface area contributed by atoms with Crippen molar-refractivity contribution in [1.29, 1.82) is 0 Å². The van der Waals surface area contributed by atoms with Gasteiger partial charge in [-0.2, -0.15) is 0 Å². The number of amides is 1. The molecule has 0 aromatic heterocycles. The zero-order valence-electron chi connectivity index (χ0n) is 14.2. The monoisotopic (exact) mass is 353 g/mol. The maximum atomic E-state index is 12.1. The minimum atomic E-state index is -3.30. The van der Waals surface area contributed by atoms with Gasteiger partial charge >= 0.3 is 0 Å². The highest BCUT2D eigenvalue weighted by Gasteiger charge is 2.13. The predicted octanol–water partition coefficient (Wildman–Crippen LogP) is 1.96. The van der Waals surface area contributed by atoms with E-state index in [9.17, 15) is 13.2 Å². The molecule has 7 heteroatoms. The summed E-state index contributed by atoms with van der Waals surface area (Å²) in [5, 5.41) is 6.30. The van der Waals surface area contributed by atoms with Crippen LogP contribution >= 0.6 is 0 Å². The quantitative estimate of drug-likeness (QED) is 0.667. The number of hydrogen-bond acceptors (Lipinski definition) is 4. The number of sulfonamides is 1. The van der Waals surface area contributed by atoms with Gasteiger partial charge in [0, 0.05) is 17.8 Å². The molecule has 3 N–H and O–H groups in total. The molecule has 134 valence electrons. The van der Waals surface area contributed by atoms with Crippen molar-refractivity contribution in [2.45, 2.75) is 32.6 Å². The van der Waals surface area contributed by atoms with Gasteiger partial charge in [-0.3, -0.25) is 9.52 Å². The fraction of sp³-hybridized carbons (Fsp3) is 0.588. The van der Waals surface area contributed by atoms with Crippen LogP contribution in [0.3, 0.4) is 0 Å². The average Bonchev–Trinajstić information content (AvgIpc) is 2.56. The van der Waals surface area contributed by atoms with Crippen LogP contribution < -0.4 is 15.4 Å². The summed E-state index contributed by atoms with van der Waals surface area (Å²) in [5.41, 5.74) is 1.02. The van der Waals surface area contributed by atoms with Gasteiger partial charge in [-0.1, -0.05) is 6.92 Å². The molecule has 1 amide bonds. The Balaban J connectivity index is 1.80. The largest absolute Gasteiger partial charge is 0.352 e. The van der Waals surface area contributed by atoms with Gasteiger partial charge in [0.15, 0.2) is 0 Å². The molecule has 1 atom stereocenters. The van der Waals surface area contributed by atoms with Crippen molar-refractivity contribution in [1.82, 2.24) is 10.6 Å². The Kier molecular flexibility index (Phi) is 7.05. The Morgan fingerprint density at radius 2 is 2.04 bits per heavy atom. The first-order valence-electron chi connectivity index (χ1n) is 8.59. The Morgan fingerprint density at radius 3 is 2.67 bits per heavy atom. The molecule has 0 radical (unpaired) electrons. The van der Waals surface area contributed by atoms with E-state index in [0.717, 1.165) is 19.5 Å². The highest BCUT2D eigenvalue weighted by Crippen LogP contribution is 2.14. The second-order valence-corrected chi connectivity index (χ2v) is 8.10. The van der Waals surface area contributed by atoms with Crippen LogP contribution in [0.15, 0.2) is 24.3 Å². The third-order valence-electron chi connectivity index (χ3n) is 4.13. The predicted molar refractivity (Wildman–Crippen MR) is 96.7 cm³/mol. The van der Waals surface area contributed by atoms with Crippen molar-refractivity contribution >= 4 is 21.6 Å². The van der Waals surface area contributed by atoms with E-state index in [-0.39, 0.29) is 11.7 Å². The van der Waals surface area contributed by atoms with Crippen LogP contribution in [0.2, 0.25) is 0 Å². The summed E-state index contributed by atoms with van der Waals surface area (Å²) in [5.74, 6) is 0.599. The standard InChI is InChI=1S/C17H27N3O3S/c1-2-12-24(22,23)20-16-7-5-15(6-8-16)17(21)19-11-9-14-4-3-10-18-13-14/h5-8,14,18,20H,2-4,9-13H2,1H3,(H,19,21). The van der Waals surface area contributed by atoms with E-state index in [1.54, 1.807) is 24.3 Å². The number of anilines is 1. The molecule has 1 fully saturated rings. The topological polar surface area (TPSA) is 87.3 Å². The Bertz CT molecular complexity index is 623. The van der Waals surface area contributed by atoms with Gasteiger partial charge in [-0.05, 0) is 69.0 Å². The SMILES string of the molecule is CCCS(=O)(=O)Nc1ccc(C(=O)NCCC2CCCNC2)cc1.